The fourth-order valence-corrected chi connectivity index (χ4v) is 6.09. The molecule has 2 atom stereocenters. The fourth-order valence-electron chi connectivity index (χ4n) is 3.71. The van der Waals surface area contributed by atoms with Crippen molar-refractivity contribution in [3.8, 4) is 0 Å². The first-order chi connectivity index (χ1) is 13.2. The minimum absolute atomic E-state index is 0.0797. The molecule has 0 unspecified atom stereocenters. The van der Waals surface area contributed by atoms with E-state index in [0.29, 0.717) is 43.2 Å². The summed E-state index contributed by atoms with van der Waals surface area (Å²) >= 11 is 5.94. The SMILES string of the molecule is CN(C)C(=O)CN1C[C@H]2CCN(C(=O)Nc3cccc(Cl)c3)CC[C@H]2S1(=O)=O. The van der Waals surface area contributed by atoms with Gasteiger partial charge in [-0.3, -0.25) is 4.79 Å². The van der Waals surface area contributed by atoms with Crippen molar-refractivity contribution in [3.05, 3.63) is 29.3 Å². The van der Waals surface area contributed by atoms with Crippen LogP contribution >= 0.6 is 11.6 Å². The van der Waals surface area contributed by atoms with Crippen molar-refractivity contribution in [1.82, 2.24) is 14.1 Å². The largest absolute Gasteiger partial charge is 0.348 e. The molecule has 28 heavy (non-hydrogen) atoms. The number of halogens is 1. The lowest BCUT2D eigenvalue weighted by atomic mass is 10.0. The van der Waals surface area contributed by atoms with Gasteiger partial charge in [-0.05, 0) is 37.0 Å². The van der Waals surface area contributed by atoms with Crippen molar-refractivity contribution in [2.75, 3.05) is 45.6 Å². The van der Waals surface area contributed by atoms with Crippen LogP contribution < -0.4 is 5.32 Å². The predicted molar refractivity (Wildman–Crippen MR) is 108 cm³/mol. The Morgan fingerprint density at radius 3 is 2.64 bits per heavy atom. The number of carbonyl (C=O) groups is 2. The summed E-state index contributed by atoms with van der Waals surface area (Å²) < 4.78 is 27.0. The Bertz CT molecular complexity index is 861. The molecule has 2 fully saturated rings. The van der Waals surface area contributed by atoms with Gasteiger partial charge in [0.25, 0.3) is 0 Å². The van der Waals surface area contributed by atoms with Crippen LogP contribution in [0.4, 0.5) is 10.5 Å². The van der Waals surface area contributed by atoms with Gasteiger partial charge in [-0.15, -0.1) is 0 Å². The number of likely N-dealkylation sites (tertiary alicyclic amines) is 1. The second kappa shape index (κ2) is 8.26. The first kappa shape index (κ1) is 20.9. The Hall–Kier alpha value is -1.84. The molecule has 0 aromatic heterocycles. The highest BCUT2D eigenvalue weighted by Gasteiger charge is 2.47. The van der Waals surface area contributed by atoms with Crippen LogP contribution in [0.3, 0.4) is 0 Å². The summed E-state index contributed by atoms with van der Waals surface area (Å²) in [7, 11) is -0.322. The zero-order valence-electron chi connectivity index (χ0n) is 16.0. The minimum Gasteiger partial charge on any atom is -0.348 e. The molecule has 2 aliphatic rings. The lowest BCUT2D eigenvalue weighted by molar-refractivity contribution is -0.128. The first-order valence-corrected chi connectivity index (χ1v) is 11.1. The van der Waals surface area contributed by atoms with Crippen LogP contribution in [0.5, 0.6) is 0 Å². The number of likely N-dealkylation sites (N-methyl/N-ethyl adjacent to an activating group) is 1. The summed E-state index contributed by atoms with van der Waals surface area (Å²) in [6.07, 6.45) is 0.947. The maximum Gasteiger partial charge on any atom is 0.321 e. The van der Waals surface area contributed by atoms with Crippen molar-refractivity contribution < 1.29 is 18.0 Å². The van der Waals surface area contributed by atoms with Crippen molar-refractivity contribution in [2.24, 2.45) is 5.92 Å². The maximum atomic E-state index is 12.9. The lowest BCUT2D eigenvalue weighted by Gasteiger charge is -2.23. The molecule has 0 radical (unpaired) electrons. The Labute approximate surface area is 170 Å². The molecular weight excluding hydrogens is 404 g/mol. The number of benzene rings is 1. The van der Waals surface area contributed by atoms with Gasteiger partial charge in [-0.2, -0.15) is 4.31 Å². The first-order valence-electron chi connectivity index (χ1n) is 9.19. The smallest absolute Gasteiger partial charge is 0.321 e. The molecule has 0 spiro atoms. The molecule has 2 heterocycles. The quantitative estimate of drug-likeness (QED) is 0.793. The highest BCUT2D eigenvalue weighted by atomic mass is 35.5. The van der Waals surface area contributed by atoms with Gasteiger partial charge in [-0.1, -0.05) is 17.7 Å². The van der Waals surface area contributed by atoms with E-state index in [2.05, 4.69) is 5.32 Å². The Balaban J connectivity index is 1.64. The molecule has 1 aromatic rings. The van der Waals surface area contributed by atoms with Gasteiger partial charge in [-0.25, -0.2) is 13.2 Å². The molecule has 3 rings (SSSR count). The average molecular weight is 429 g/mol. The van der Waals surface area contributed by atoms with E-state index in [4.69, 9.17) is 11.6 Å². The van der Waals surface area contributed by atoms with Crippen molar-refractivity contribution in [3.63, 3.8) is 0 Å². The van der Waals surface area contributed by atoms with Crippen LogP contribution in [0, 0.1) is 5.92 Å². The van der Waals surface area contributed by atoms with Gasteiger partial charge in [0.05, 0.1) is 11.8 Å². The molecule has 1 N–H and O–H groups in total. The second-order valence-electron chi connectivity index (χ2n) is 7.43. The van der Waals surface area contributed by atoms with E-state index in [1.807, 2.05) is 0 Å². The fraction of sp³-hybridized carbons (Fsp3) is 0.556. The molecule has 0 bridgehead atoms. The van der Waals surface area contributed by atoms with E-state index >= 15 is 0 Å². The molecule has 154 valence electrons. The zero-order chi connectivity index (χ0) is 20.5. The van der Waals surface area contributed by atoms with Crippen LogP contribution in [-0.4, -0.2) is 80.0 Å². The molecule has 2 saturated heterocycles. The number of fused-ring (bicyclic) bond motifs is 1. The van der Waals surface area contributed by atoms with Crippen molar-refractivity contribution in [2.45, 2.75) is 18.1 Å². The minimum atomic E-state index is -3.54. The Morgan fingerprint density at radius 1 is 1.25 bits per heavy atom. The average Bonchev–Trinajstić information content (AvgIpc) is 2.76. The number of nitrogens with zero attached hydrogens (tertiary/aromatic N) is 3. The number of rotatable bonds is 3. The van der Waals surface area contributed by atoms with Gasteiger partial charge in [0.1, 0.15) is 0 Å². The Kier molecular flexibility index (Phi) is 6.16. The molecule has 10 heteroatoms. The van der Waals surface area contributed by atoms with Gasteiger partial charge >= 0.3 is 6.03 Å². The van der Waals surface area contributed by atoms with Crippen LogP contribution in [0.25, 0.3) is 0 Å². The van der Waals surface area contributed by atoms with Crippen LogP contribution in [0.1, 0.15) is 12.8 Å². The summed E-state index contributed by atoms with van der Waals surface area (Å²) in [4.78, 5) is 27.5. The van der Waals surface area contributed by atoms with Gasteiger partial charge in [0.15, 0.2) is 0 Å². The summed E-state index contributed by atoms with van der Waals surface area (Å²) in [5, 5.41) is 2.79. The molecule has 3 amide bonds. The van der Waals surface area contributed by atoms with Gasteiger partial charge in [0.2, 0.25) is 15.9 Å². The third-order valence-corrected chi connectivity index (χ3v) is 7.95. The second-order valence-corrected chi connectivity index (χ2v) is 10.0. The predicted octanol–water partition coefficient (Wildman–Crippen LogP) is 1.69. The molecule has 0 aliphatic carbocycles. The Morgan fingerprint density at radius 2 is 1.96 bits per heavy atom. The number of anilines is 1. The van der Waals surface area contributed by atoms with Crippen molar-refractivity contribution >= 4 is 39.2 Å². The molecule has 1 aromatic carbocycles. The highest BCUT2D eigenvalue weighted by molar-refractivity contribution is 7.90. The number of carbonyl (C=O) groups excluding carboxylic acids is 2. The number of sulfonamides is 1. The van der Waals surface area contributed by atoms with E-state index in [1.54, 1.807) is 43.3 Å². The monoisotopic (exact) mass is 428 g/mol. The topological polar surface area (TPSA) is 90.0 Å². The normalized spacial score (nSPS) is 24.3. The standard InChI is InChI=1S/C18H25ClN4O4S/c1-21(2)17(24)12-23-11-13-6-8-22(9-7-16(13)28(23,26)27)18(25)20-15-5-3-4-14(19)10-15/h3-5,10,13,16H,6-9,11-12H2,1-2H3,(H,20,25)/t13-,16-/m1/s1. The number of amides is 3. The van der Waals surface area contributed by atoms with Gasteiger partial charge < -0.3 is 15.1 Å². The van der Waals surface area contributed by atoms with E-state index in [9.17, 15) is 18.0 Å². The van der Waals surface area contributed by atoms with E-state index in [0.717, 1.165) is 0 Å². The van der Waals surface area contributed by atoms with Crippen LogP contribution in [-0.2, 0) is 14.8 Å². The van der Waals surface area contributed by atoms with E-state index < -0.39 is 15.3 Å². The number of hydrogen-bond acceptors (Lipinski definition) is 4. The van der Waals surface area contributed by atoms with Crippen LogP contribution in [0.2, 0.25) is 5.02 Å². The third-order valence-electron chi connectivity index (χ3n) is 5.33. The molecule has 2 aliphatic heterocycles. The number of hydrogen-bond donors (Lipinski definition) is 1. The number of urea groups is 1. The van der Waals surface area contributed by atoms with Gasteiger partial charge in [0, 0.05) is 44.4 Å². The van der Waals surface area contributed by atoms with Crippen LogP contribution in [0.15, 0.2) is 24.3 Å². The molecular formula is C18H25ClN4O4S. The highest BCUT2D eigenvalue weighted by Crippen LogP contribution is 2.34. The van der Waals surface area contributed by atoms with Crippen molar-refractivity contribution in [1.29, 1.82) is 0 Å². The van der Waals surface area contributed by atoms with E-state index in [1.165, 1.54) is 9.21 Å². The van der Waals surface area contributed by atoms with E-state index in [-0.39, 0.29) is 24.4 Å². The summed E-state index contributed by atoms with van der Waals surface area (Å²) in [6.45, 7) is 1.03. The lowest BCUT2D eigenvalue weighted by Crippen LogP contribution is -2.40. The number of nitrogens with one attached hydrogen (secondary N) is 1. The molecule has 0 saturated carbocycles. The maximum absolute atomic E-state index is 12.9. The molecule has 8 nitrogen and oxygen atoms in total. The summed E-state index contributed by atoms with van der Waals surface area (Å²) in [5.41, 5.74) is 0.600. The zero-order valence-corrected chi connectivity index (χ0v) is 17.5. The third kappa shape index (κ3) is 4.42. The summed E-state index contributed by atoms with van der Waals surface area (Å²) in [6, 6.07) is 6.62. The summed E-state index contributed by atoms with van der Waals surface area (Å²) in [5.74, 6) is -0.313.